The van der Waals surface area contributed by atoms with E-state index in [2.05, 4.69) is 0 Å². The number of aromatic hydroxyl groups is 3. The van der Waals surface area contributed by atoms with E-state index in [1.807, 2.05) is 0 Å². The maximum Gasteiger partial charge on any atom is 0.164 e. The molecule has 0 aliphatic heterocycles. The Kier molecular flexibility index (Phi) is 5.52. The highest BCUT2D eigenvalue weighted by atomic mass is 16.3. The summed E-state index contributed by atoms with van der Waals surface area (Å²) < 4.78 is 0. The van der Waals surface area contributed by atoms with Crippen molar-refractivity contribution in [3.63, 3.8) is 0 Å². The molecule has 0 aliphatic carbocycles. The lowest BCUT2D eigenvalue weighted by atomic mass is 10.1. The van der Waals surface area contributed by atoms with Crippen LogP contribution in [-0.4, -0.2) is 26.9 Å². The first-order chi connectivity index (χ1) is 11.5. The Bertz CT molecular complexity index is 818. The van der Waals surface area contributed by atoms with E-state index >= 15 is 0 Å². The van der Waals surface area contributed by atoms with E-state index < -0.39 is 11.6 Å². The zero-order chi connectivity index (χ0) is 17.5. The highest BCUT2D eigenvalue weighted by molar-refractivity contribution is 6.11. The van der Waals surface area contributed by atoms with Gasteiger partial charge in [0.1, 0.15) is 5.75 Å². The van der Waals surface area contributed by atoms with E-state index in [1.54, 1.807) is 18.2 Å². The molecule has 0 aliphatic rings. The van der Waals surface area contributed by atoms with Gasteiger partial charge in [-0.2, -0.15) is 0 Å². The van der Waals surface area contributed by atoms with E-state index in [0.29, 0.717) is 5.56 Å². The minimum Gasteiger partial charge on any atom is -0.507 e. The molecule has 0 saturated heterocycles. The maximum absolute atomic E-state index is 11.8. The first-order valence-corrected chi connectivity index (χ1v) is 7.18. The van der Waals surface area contributed by atoms with Gasteiger partial charge in [0.2, 0.25) is 0 Å². The van der Waals surface area contributed by atoms with Crippen LogP contribution in [0.25, 0.3) is 12.2 Å². The third-order valence-electron chi connectivity index (χ3n) is 3.23. The van der Waals surface area contributed by atoms with Crippen LogP contribution in [0.15, 0.2) is 54.6 Å². The Morgan fingerprint density at radius 2 is 1.29 bits per heavy atom. The van der Waals surface area contributed by atoms with E-state index in [4.69, 9.17) is 0 Å². The lowest BCUT2D eigenvalue weighted by molar-refractivity contribution is -0.121. The number of benzene rings is 2. The van der Waals surface area contributed by atoms with E-state index in [9.17, 15) is 24.9 Å². The molecule has 5 nitrogen and oxygen atoms in total. The molecule has 2 aromatic carbocycles. The lowest BCUT2D eigenvalue weighted by Gasteiger charge is -2.00. The van der Waals surface area contributed by atoms with Crippen molar-refractivity contribution < 1.29 is 24.9 Å². The summed E-state index contributed by atoms with van der Waals surface area (Å²) in [5.74, 6) is -1.41. The molecule has 122 valence electrons. The minimum atomic E-state index is -0.440. The smallest absolute Gasteiger partial charge is 0.164 e. The van der Waals surface area contributed by atoms with Crippen molar-refractivity contribution in [2.75, 3.05) is 0 Å². The summed E-state index contributed by atoms with van der Waals surface area (Å²) in [5, 5.41) is 28.6. The van der Waals surface area contributed by atoms with Gasteiger partial charge in [-0.1, -0.05) is 30.3 Å². The normalized spacial score (nSPS) is 11.2. The van der Waals surface area contributed by atoms with Crippen molar-refractivity contribution in [3.05, 3.63) is 65.7 Å². The molecule has 0 unspecified atom stereocenters. The number of hydrogen-bond donors (Lipinski definition) is 3. The van der Waals surface area contributed by atoms with Crippen molar-refractivity contribution in [1.29, 1.82) is 0 Å². The van der Waals surface area contributed by atoms with Crippen molar-refractivity contribution in [3.8, 4) is 17.2 Å². The van der Waals surface area contributed by atoms with Crippen LogP contribution in [-0.2, 0) is 9.59 Å². The fraction of sp³-hybridized carbons (Fsp3) is 0.0526. The third-order valence-corrected chi connectivity index (χ3v) is 3.23. The van der Waals surface area contributed by atoms with Gasteiger partial charge in [0, 0.05) is 11.1 Å². The second-order valence-corrected chi connectivity index (χ2v) is 5.05. The summed E-state index contributed by atoms with van der Waals surface area (Å²) in [6.45, 7) is 0. The first-order valence-electron chi connectivity index (χ1n) is 7.18. The molecule has 0 radical (unpaired) electrons. The van der Waals surface area contributed by atoms with Crippen LogP contribution in [0, 0.1) is 0 Å². The van der Waals surface area contributed by atoms with Crippen LogP contribution in [0.1, 0.15) is 17.5 Å². The number of allylic oxidation sites excluding steroid dienone is 2. The maximum atomic E-state index is 11.8. The molecule has 0 atom stereocenters. The molecular weight excluding hydrogens is 308 g/mol. The summed E-state index contributed by atoms with van der Waals surface area (Å²) in [7, 11) is 0. The molecule has 0 fully saturated rings. The van der Waals surface area contributed by atoms with Gasteiger partial charge >= 0.3 is 0 Å². The molecule has 0 bridgehead atoms. The van der Waals surface area contributed by atoms with Crippen LogP contribution in [0.5, 0.6) is 17.2 Å². The number of phenolic OH excluding ortho intramolecular Hbond substituents is 3. The molecule has 0 aromatic heterocycles. The number of rotatable bonds is 6. The van der Waals surface area contributed by atoms with Gasteiger partial charge in [0.25, 0.3) is 0 Å². The van der Waals surface area contributed by atoms with Crippen molar-refractivity contribution in [2.24, 2.45) is 0 Å². The van der Waals surface area contributed by atoms with Gasteiger partial charge in [-0.25, -0.2) is 0 Å². The van der Waals surface area contributed by atoms with Crippen LogP contribution in [0.3, 0.4) is 0 Å². The summed E-state index contributed by atoms with van der Waals surface area (Å²) in [6.07, 6.45) is 4.83. The number of para-hydroxylation sites is 2. The van der Waals surface area contributed by atoms with Crippen LogP contribution >= 0.6 is 0 Å². The molecule has 2 rings (SSSR count). The topological polar surface area (TPSA) is 94.8 Å². The average Bonchev–Trinajstić information content (AvgIpc) is 2.55. The summed E-state index contributed by atoms with van der Waals surface area (Å²) in [5.41, 5.74) is 0.763. The Labute approximate surface area is 138 Å². The highest BCUT2D eigenvalue weighted by Crippen LogP contribution is 2.29. The van der Waals surface area contributed by atoms with Crippen molar-refractivity contribution >= 4 is 23.7 Å². The standard InChI is InChI=1S/C19H16O5/c20-15(10-8-13-4-1-2-6-17(13)22)12-16(21)11-9-14-5-3-7-18(23)19(14)24/h1-11,22-24H,12H2/b10-8+,11-9+. The van der Waals surface area contributed by atoms with Gasteiger partial charge in [-0.3, -0.25) is 9.59 Å². The molecule has 0 amide bonds. The largest absolute Gasteiger partial charge is 0.507 e. The molecule has 0 spiro atoms. The molecule has 3 N–H and O–H groups in total. The number of phenols is 3. The van der Waals surface area contributed by atoms with E-state index in [1.165, 1.54) is 48.6 Å². The van der Waals surface area contributed by atoms with Crippen molar-refractivity contribution in [2.45, 2.75) is 6.42 Å². The molecular formula is C19H16O5. The van der Waals surface area contributed by atoms with Gasteiger partial charge in [0.15, 0.2) is 23.1 Å². The Morgan fingerprint density at radius 1 is 0.750 bits per heavy atom. The van der Waals surface area contributed by atoms with Gasteiger partial charge in [-0.15, -0.1) is 0 Å². The predicted octanol–water partition coefficient (Wildman–Crippen LogP) is 3.06. The first kappa shape index (κ1) is 17.0. The summed E-state index contributed by atoms with van der Waals surface area (Å²) >= 11 is 0. The molecule has 0 saturated carbocycles. The third kappa shape index (κ3) is 4.58. The zero-order valence-corrected chi connectivity index (χ0v) is 12.7. The Hall–Kier alpha value is -3.34. The van der Waals surface area contributed by atoms with Crippen molar-refractivity contribution in [1.82, 2.24) is 0 Å². The minimum absolute atomic E-state index is 0.0483. The number of ketones is 2. The fourth-order valence-electron chi connectivity index (χ4n) is 1.97. The SMILES string of the molecule is O=C(/C=C/c1ccccc1O)CC(=O)/C=C/c1cccc(O)c1O. The second kappa shape index (κ2) is 7.78. The highest BCUT2D eigenvalue weighted by Gasteiger charge is 2.06. The van der Waals surface area contributed by atoms with Gasteiger partial charge in [-0.05, 0) is 36.4 Å². The van der Waals surface area contributed by atoms with Crippen LogP contribution < -0.4 is 0 Å². The van der Waals surface area contributed by atoms with Gasteiger partial charge < -0.3 is 15.3 Å². The average molecular weight is 324 g/mol. The number of hydrogen-bond acceptors (Lipinski definition) is 5. The lowest BCUT2D eigenvalue weighted by Crippen LogP contribution is -2.01. The number of carbonyl (C=O) groups excluding carboxylic acids is 2. The monoisotopic (exact) mass is 324 g/mol. The molecule has 0 heterocycles. The summed E-state index contributed by atoms with van der Waals surface area (Å²) in [6, 6.07) is 10.9. The van der Waals surface area contributed by atoms with Crippen LogP contribution in [0.4, 0.5) is 0 Å². The van der Waals surface area contributed by atoms with E-state index in [-0.39, 0.29) is 29.2 Å². The fourth-order valence-corrected chi connectivity index (χ4v) is 1.97. The quantitative estimate of drug-likeness (QED) is 0.431. The van der Waals surface area contributed by atoms with Gasteiger partial charge in [0.05, 0.1) is 6.42 Å². The molecule has 24 heavy (non-hydrogen) atoms. The molecule has 2 aromatic rings. The second-order valence-electron chi connectivity index (χ2n) is 5.05. The summed E-state index contributed by atoms with van der Waals surface area (Å²) in [4.78, 5) is 23.5. The predicted molar refractivity (Wildman–Crippen MR) is 90.6 cm³/mol. The molecule has 5 heteroatoms. The Morgan fingerprint density at radius 3 is 1.96 bits per heavy atom. The number of carbonyl (C=O) groups is 2. The van der Waals surface area contributed by atoms with E-state index in [0.717, 1.165) is 0 Å². The van der Waals surface area contributed by atoms with Crippen LogP contribution in [0.2, 0.25) is 0 Å². The zero-order valence-electron chi connectivity index (χ0n) is 12.7. The Balaban J connectivity index is 1.97.